The van der Waals surface area contributed by atoms with Crippen molar-refractivity contribution in [1.82, 2.24) is 0 Å². The van der Waals surface area contributed by atoms with Gasteiger partial charge in [0.05, 0.1) is 0 Å². The summed E-state index contributed by atoms with van der Waals surface area (Å²) in [6.45, 7) is 2.36. The second-order valence-corrected chi connectivity index (χ2v) is 0.637. The molecule has 0 aliphatic carbocycles. The van der Waals surface area contributed by atoms with E-state index in [-0.39, 0.29) is 0 Å². The SMILES string of the molecule is CCN=NN=[N-]. The second kappa shape index (κ2) is 4.20. The first-order chi connectivity index (χ1) is 2.91. The predicted octanol–water partition coefficient (Wildman–Crippen LogP) is 1.40. The van der Waals surface area contributed by atoms with Crippen molar-refractivity contribution in [3.8, 4) is 0 Å². The van der Waals surface area contributed by atoms with Gasteiger partial charge >= 0.3 is 0 Å². The molecule has 4 nitrogen and oxygen atoms in total. The normalized spacial score (nSPS) is 9.50. The third-order valence-corrected chi connectivity index (χ3v) is 0.245. The lowest BCUT2D eigenvalue weighted by atomic mass is 10.8. The Bertz CT molecular complexity index is 56.6. The molecule has 0 aromatic carbocycles. The molecule has 0 aliphatic heterocycles. The van der Waals surface area contributed by atoms with E-state index in [0.29, 0.717) is 6.54 Å². The molecule has 0 unspecified atom stereocenters. The lowest BCUT2D eigenvalue weighted by Gasteiger charge is -1.80. The molecule has 0 aromatic heterocycles. The van der Waals surface area contributed by atoms with Gasteiger partial charge in [0.25, 0.3) is 0 Å². The minimum absolute atomic E-state index is 0.560. The van der Waals surface area contributed by atoms with E-state index in [1.807, 2.05) is 0 Å². The monoisotopic (exact) mass is 85.1 g/mol. The molecule has 0 aromatic rings. The van der Waals surface area contributed by atoms with Crippen molar-refractivity contribution >= 4 is 0 Å². The zero-order chi connectivity index (χ0) is 4.83. The second-order valence-electron chi connectivity index (χ2n) is 0.637. The summed E-state index contributed by atoms with van der Waals surface area (Å²) in [4.78, 5) is 0. The van der Waals surface area contributed by atoms with Gasteiger partial charge in [-0.25, -0.2) is 0 Å². The fraction of sp³-hybridized carbons (Fsp3) is 1.00. The summed E-state index contributed by atoms with van der Waals surface area (Å²) in [6.07, 6.45) is 0. The van der Waals surface area contributed by atoms with Crippen LogP contribution in [0.4, 0.5) is 0 Å². The zero-order valence-corrected chi connectivity index (χ0v) is 3.50. The Hall–Kier alpha value is -0.800. The maximum Gasteiger partial charge on any atom is 0.0365 e. The first-order valence-electron chi connectivity index (χ1n) is 1.62. The van der Waals surface area contributed by atoms with Crippen LogP contribution in [-0.4, -0.2) is 6.54 Å². The van der Waals surface area contributed by atoms with Gasteiger partial charge in [-0.2, -0.15) is 0 Å². The summed E-state index contributed by atoms with van der Waals surface area (Å²) in [7, 11) is 0. The maximum absolute atomic E-state index is 7.56. The fourth-order valence-electron chi connectivity index (χ4n) is 0.0915. The van der Waals surface area contributed by atoms with Crippen molar-refractivity contribution in [3.05, 3.63) is 5.53 Å². The summed E-state index contributed by atoms with van der Waals surface area (Å²) >= 11 is 0. The first kappa shape index (κ1) is 5.20. The average molecular weight is 85.1 g/mol. The molecule has 0 radical (unpaired) electrons. The molecule has 0 spiro atoms. The third kappa shape index (κ3) is 3.20. The Morgan fingerprint density at radius 1 is 1.67 bits per heavy atom. The summed E-state index contributed by atoms with van der Waals surface area (Å²) in [6, 6.07) is 0. The van der Waals surface area contributed by atoms with Crippen LogP contribution in [0.15, 0.2) is 15.6 Å². The van der Waals surface area contributed by atoms with Gasteiger partial charge in [0.1, 0.15) is 0 Å². The Labute approximate surface area is 35.8 Å². The summed E-state index contributed by atoms with van der Waals surface area (Å²) in [5.74, 6) is 0. The minimum Gasteiger partial charge on any atom is -0.360 e. The van der Waals surface area contributed by atoms with Gasteiger partial charge < -0.3 is 5.53 Å². The van der Waals surface area contributed by atoms with E-state index >= 15 is 0 Å². The molecule has 34 valence electrons. The molecule has 0 amide bonds. The molecule has 6 heavy (non-hydrogen) atoms. The molecule has 0 rings (SSSR count). The number of rotatable bonds is 2. The third-order valence-electron chi connectivity index (χ3n) is 0.245. The molecule has 0 aliphatic rings. The summed E-state index contributed by atoms with van der Waals surface area (Å²) in [5.41, 5.74) is 7.56. The summed E-state index contributed by atoms with van der Waals surface area (Å²) in [5, 5.41) is 8.58. The molecule has 0 saturated carbocycles. The predicted molar refractivity (Wildman–Crippen MR) is 21.2 cm³/mol. The van der Waals surface area contributed by atoms with Crippen molar-refractivity contribution in [1.29, 1.82) is 0 Å². The number of hydrogen-bond acceptors (Lipinski definition) is 1. The fourth-order valence-corrected chi connectivity index (χ4v) is 0.0915. The van der Waals surface area contributed by atoms with Crippen molar-refractivity contribution < 1.29 is 0 Å². The smallest absolute Gasteiger partial charge is 0.0365 e. The van der Waals surface area contributed by atoms with Gasteiger partial charge in [0.2, 0.25) is 0 Å². The van der Waals surface area contributed by atoms with Crippen LogP contribution in [0.5, 0.6) is 0 Å². The van der Waals surface area contributed by atoms with Gasteiger partial charge in [0.15, 0.2) is 0 Å². The Balaban J connectivity index is 2.94. The number of nitrogens with zero attached hydrogens (tertiary/aromatic N) is 4. The lowest BCUT2D eigenvalue weighted by molar-refractivity contribution is 0.921. The lowest BCUT2D eigenvalue weighted by Crippen LogP contribution is -1.57. The topological polar surface area (TPSA) is 59.4 Å². The van der Waals surface area contributed by atoms with Crippen molar-refractivity contribution in [3.63, 3.8) is 0 Å². The van der Waals surface area contributed by atoms with Crippen LogP contribution in [0, 0.1) is 0 Å². The van der Waals surface area contributed by atoms with E-state index < -0.39 is 0 Å². The van der Waals surface area contributed by atoms with E-state index in [1.54, 1.807) is 6.92 Å². The average Bonchev–Trinajstić information content (AvgIpc) is 1.61. The van der Waals surface area contributed by atoms with E-state index in [1.165, 1.54) is 0 Å². The molecule has 4 heteroatoms. The van der Waals surface area contributed by atoms with Crippen molar-refractivity contribution in [2.45, 2.75) is 6.92 Å². The highest BCUT2D eigenvalue weighted by Crippen LogP contribution is 1.71. The zero-order valence-electron chi connectivity index (χ0n) is 3.50. The Morgan fingerprint density at radius 3 is 2.50 bits per heavy atom. The maximum atomic E-state index is 7.56. The van der Waals surface area contributed by atoms with Crippen LogP contribution in [0.25, 0.3) is 5.53 Å². The van der Waals surface area contributed by atoms with Gasteiger partial charge in [0, 0.05) is 6.54 Å². The summed E-state index contributed by atoms with van der Waals surface area (Å²) < 4.78 is 0. The number of hydrogen-bond donors (Lipinski definition) is 0. The molecule has 0 bridgehead atoms. The van der Waals surface area contributed by atoms with Crippen LogP contribution in [0.2, 0.25) is 0 Å². The molecule has 0 saturated heterocycles. The van der Waals surface area contributed by atoms with Gasteiger partial charge in [-0.1, -0.05) is 0 Å². The van der Waals surface area contributed by atoms with E-state index in [0.717, 1.165) is 0 Å². The highest BCUT2D eigenvalue weighted by Gasteiger charge is 1.48. The van der Waals surface area contributed by atoms with Crippen LogP contribution in [0.1, 0.15) is 6.92 Å². The highest BCUT2D eigenvalue weighted by molar-refractivity contribution is 4.19. The van der Waals surface area contributed by atoms with E-state index in [2.05, 4.69) is 15.6 Å². The molecule has 0 atom stereocenters. The Morgan fingerprint density at radius 2 is 2.33 bits per heavy atom. The van der Waals surface area contributed by atoms with Crippen LogP contribution in [-0.2, 0) is 0 Å². The van der Waals surface area contributed by atoms with E-state index in [4.69, 9.17) is 5.53 Å². The van der Waals surface area contributed by atoms with E-state index in [9.17, 15) is 0 Å². The molecular formula is C2H5N4-. The van der Waals surface area contributed by atoms with Crippen LogP contribution in [0.3, 0.4) is 0 Å². The molecule has 0 heterocycles. The van der Waals surface area contributed by atoms with Gasteiger partial charge in [-0.3, -0.25) is 15.6 Å². The molecule has 0 fully saturated rings. The Kier molecular flexibility index (Phi) is 3.64. The minimum atomic E-state index is 0.560. The van der Waals surface area contributed by atoms with Crippen LogP contribution >= 0.6 is 0 Å². The quantitative estimate of drug-likeness (QED) is 0.359. The van der Waals surface area contributed by atoms with Crippen molar-refractivity contribution in [2.24, 2.45) is 15.6 Å². The first-order valence-corrected chi connectivity index (χ1v) is 1.62. The van der Waals surface area contributed by atoms with Crippen molar-refractivity contribution in [2.75, 3.05) is 6.54 Å². The van der Waals surface area contributed by atoms with Gasteiger partial charge in [-0.15, -0.1) is 0 Å². The van der Waals surface area contributed by atoms with Crippen LogP contribution < -0.4 is 0 Å². The standard InChI is InChI=1S/C2H5N4/c1-2-4-6-5-3/h2H2,1H3/q-1. The molecular weight excluding hydrogens is 80.0 g/mol. The van der Waals surface area contributed by atoms with Gasteiger partial charge in [-0.05, 0) is 6.92 Å². The molecule has 0 N–H and O–H groups in total. The highest BCUT2D eigenvalue weighted by atomic mass is 15.4. The largest absolute Gasteiger partial charge is 0.360 e.